The van der Waals surface area contributed by atoms with Crippen molar-refractivity contribution in [1.29, 1.82) is 0 Å². The average Bonchev–Trinajstić information content (AvgIpc) is 2.61. The lowest BCUT2D eigenvalue weighted by Gasteiger charge is -2.13. The maximum atomic E-state index is 6.06. The highest BCUT2D eigenvalue weighted by atomic mass is 32.2. The number of hydrogen-bond acceptors (Lipinski definition) is 3. The Hall–Kier alpha value is -0.480. The molecule has 3 nitrogen and oxygen atoms in total. The minimum absolute atomic E-state index is 0.0531. The van der Waals surface area contributed by atoms with Crippen LogP contribution >= 0.6 is 11.8 Å². The van der Waals surface area contributed by atoms with E-state index >= 15 is 0 Å². The molecular weight excluding hydrogens is 194 g/mol. The lowest BCUT2D eigenvalue weighted by atomic mass is 10.3. The highest BCUT2D eigenvalue weighted by Crippen LogP contribution is 2.17. The summed E-state index contributed by atoms with van der Waals surface area (Å²) >= 11 is 1.88. The van der Waals surface area contributed by atoms with Crippen LogP contribution in [0.1, 0.15) is 32.6 Å². The molecule has 4 heteroatoms. The molecule has 0 saturated heterocycles. The molecule has 0 saturated carbocycles. The van der Waals surface area contributed by atoms with E-state index in [9.17, 15) is 0 Å². The summed E-state index contributed by atoms with van der Waals surface area (Å²) in [6.07, 6.45) is 3.80. The fourth-order valence-corrected chi connectivity index (χ4v) is 2.03. The van der Waals surface area contributed by atoms with E-state index in [0.717, 1.165) is 18.1 Å². The van der Waals surface area contributed by atoms with Crippen molar-refractivity contribution < 1.29 is 0 Å². The van der Waals surface area contributed by atoms with Crippen LogP contribution in [0.5, 0.6) is 0 Å². The molecule has 0 aliphatic heterocycles. The number of imidazole rings is 1. The molecule has 80 valence electrons. The quantitative estimate of drug-likeness (QED) is 0.814. The van der Waals surface area contributed by atoms with Crippen LogP contribution in [0.25, 0.3) is 0 Å². The molecule has 0 bridgehead atoms. The molecular formula is C10H19N3S. The normalized spacial score (nSPS) is 13.5. The van der Waals surface area contributed by atoms with Gasteiger partial charge in [-0.05, 0) is 12.2 Å². The van der Waals surface area contributed by atoms with Crippen molar-refractivity contribution in [2.45, 2.75) is 38.6 Å². The monoisotopic (exact) mass is 213 g/mol. The zero-order valence-corrected chi connectivity index (χ0v) is 9.92. The first-order valence-electron chi connectivity index (χ1n) is 5.03. The summed E-state index contributed by atoms with van der Waals surface area (Å²) in [4.78, 5) is 4.29. The number of nitrogens with zero attached hydrogens (tertiary/aromatic N) is 2. The topological polar surface area (TPSA) is 43.8 Å². The molecule has 1 rings (SSSR count). The summed E-state index contributed by atoms with van der Waals surface area (Å²) in [6, 6.07) is 0.0531. The van der Waals surface area contributed by atoms with Crippen LogP contribution in [0.3, 0.4) is 0 Å². The zero-order chi connectivity index (χ0) is 10.6. The first-order chi connectivity index (χ1) is 6.65. The number of hydrogen-bond donors (Lipinski definition) is 1. The maximum Gasteiger partial charge on any atom is 0.126 e. The van der Waals surface area contributed by atoms with Gasteiger partial charge >= 0.3 is 0 Å². The van der Waals surface area contributed by atoms with Gasteiger partial charge in [-0.1, -0.05) is 13.8 Å². The highest BCUT2D eigenvalue weighted by molar-refractivity contribution is 7.99. The van der Waals surface area contributed by atoms with Crippen LogP contribution in [-0.2, 0) is 6.54 Å². The summed E-state index contributed by atoms with van der Waals surface area (Å²) in [7, 11) is 0. The van der Waals surface area contributed by atoms with E-state index in [4.69, 9.17) is 5.73 Å². The second-order valence-electron chi connectivity index (χ2n) is 3.56. The fourth-order valence-electron chi connectivity index (χ4n) is 1.29. The number of aryl methyl sites for hydroxylation is 1. The van der Waals surface area contributed by atoms with Gasteiger partial charge in [0.1, 0.15) is 5.82 Å². The largest absolute Gasteiger partial charge is 0.334 e. The van der Waals surface area contributed by atoms with E-state index < -0.39 is 0 Å². The van der Waals surface area contributed by atoms with Gasteiger partial charge in [-0.25, -0.2) is 4.98 Å². The van der Waals surface area contributed by atoms with Crippen LogP contribution < -0.4 is 5.73 Å². The molecule has 0 fully saturated rings. The Morgan fingerprint density at radius 2 is 2.29 bits per heavy atom. The van der Waals surface area contributed by atoms with Crippen molar-refractivity contribution in [2.75, 3.05) is 5.75 Å². The lowest BCUT2D eigenvalue weighted by Crippen LogP contribution is -2.19. The van der Waals surface area contributed by atoms with Crippen molar-refractivity contribution in [3.63, 3.8) is 0 Å². The molecule has 1 atom stereocenters. The molecule has 1 heterocycles. The Bertz CT molecular complexity index is 270. The van der Waals surface area contributed by atoms with Crippen LogP contribution in [0.4, 0.5) is 0 Å². The third-order valence-corrected chi connectivity index (χ3v) is 3.25. The van der Waals surface area contributed by atoms with Crippen molar-refractivity contribution in [3.8, 4) is 0 Å². The van der Waals surface area contributed by atoms with Gasteiger partial charge in [0.15, 0.2) is 0 Å². The van der Waals surface area contributed by atoms with E-state index in [1.54, 1.807) is 0 Å². The third-order valence-electron chi connectivity index (χ3n) is 2.03. The Labute approximate surface area is 90.1 Å². The molecule has 14 heavy (non-hydrogen) atoms. The van der Waals surface area contributed by atoms with Gasteiger partial charge in [0, 0.05) is 24.7 Å². The standard InChI is InChI=1S/C10H19N3S/c1-4-13-6-5-12-10(13)9(11)7-14-8(2)3/h5-6,8-9H,4,7,11H2,1-3H3. The van der Waals surface area contributed by atoms with E-state index in [1.165, 1.54) is 0 Å². The zero-order valence-electron chi connectivity index (χ0n) is 9.10. The number of thioether (sulfide) groups is 1. The summed E-state index contributed by atoms with van der Waals surface area (Å²) in [5, 5.41) is 0.631. The molecule has 1 aromatic heterocycles. The summed E-state index contributed by atoms with van der Waals surface area (Å²) in [5.41, 5.74) is 6.06. The Morgan fingerprint density at radius 1 is 1.57 bits per heavy atom. The van der Waals surface area contributed by atoms with Crippen LogP contribution in [0.15, 0.2) is 12.4 Å². The Kier molecular flexibility index (Phi) is 4.48. The molecule has 1 unspecified atom stereocenters. The predicted octanol–water partition coefficient (Wildman–Crippen LogP) is 2.04. The van der Waals surface area contributed by atoms with Crippen molar-refractivity contribution in [1.82, 2.24) is 9.55 Å². The third kappa shape index (κ3) is 3.03. The Balaban J connectivity index is 2.55. The number of rotatable bonds is 5. The van der Waals surface area contributed by atoms with Crippen molar-refractivity contribution in [2.24, 2.45) is 5.73 Å². The maximum absolute atomic E-state index is 6.06. The minimum Gasteiger partial charge on any atom is -0.334 e. The molecule has 0 aromatic carbocycles. The second-order valence-corrected chi connectivity index (χ2v) is 5.17. The van der Waals surface area contributed by atoms with Gasteiger partial charge in [-0.15, -0.1) is 0 Å². The van der Waals surface area contributed by atoms with Crippen molar-refractivity contribution >= 4 is 11.8 Å². The van der Waals surface area contributed by atoms with Gasteiger partial charge < -0.3 is 10.3 Å². The summed E-state index contributed by atoms with van der Waals surface area (Å²) in [5.74, 6) is 1.94. The predicted molar refractivity (Wildman–Crippen MR) is 62.4 cm³/mol. The van der Waals surface area contributed by atoms with Crippen molar-refractivity contribution in [3.05, 3.63) is 18.2 Å². The minimum atomic E-state index is 0.0531. The van der Waals surface area contributed by atoms with E-state index in [2.05, 4.69) is 30.3 Å². The fraction of sp³-hybridized carbons (Fsp3) is 0.700. The summed E-state index contributed by atoms with van der Waals surface area (Å²) in [6.45, 7) is 7.41. The molecule has 1 aromatic rings. The van der Waals surface area contributed by atoms with Gasteiger partial charge in [-0.2, -0.15) is 11.8 Å². The number of nitrogens with two attached hydrogens (primary N) is 1. The van der Waals surface area contributed by atoms with Gasteiger partial charge in [-0.3, -0.25) is 0 Å². The molecule has 0 aliphatic carbocycles. The first-order valence-corrected chi connectivity index (χ1v) is 6.08. The second kappa shape index (κ2) is 5.41. The smallest absolute Gasteiger partial charge is 0.126 e. The molecule has 0 amide bonds. The van der Waals surface area contributed by atoms with Gasteiger partial charge in [0.25, 0.3) is 0 Å². The number of aromatic nitrogens is 2. The van der Waals surface area contributed by atoms with Crippen LogP contribution in [0, 0.1) is 0 Å². The molecule has 0 aliphatic rings. The van der Waals surface area contributed by atoms with Crippen LogP contribution in [-0.4, -0.2) is 20.6 Å². The average molecular weight is 213 g/mol. The van der Waals surface area contributed by atoms with Crippen LogP contribution in [0.2, 0.25) is 0 Å². The molecule has 0 spiro atoms. The Morgan fingerprint density at radius 3 is 2.86 bits per heavy atom. The van der Waals surface area contributed by atoms with E-state index in [0.29, 0.717) is 5.25 Å². The van der Waals surface area contributed by atoms with E-state index in [-0.39, 0.29) is 6.04 Å². The van der Waals surface area contributed by atoms with Gasteiger partial charge in [0.05, 0.1) is 6.04 Å². The SMILES string of the molecule is CCn1ccnc1C(N)CSC(C)C. The summed E-state index contributed by atoms with van der Waals surface area (Å²) < 4.78 is 2.10. The first kappa shape index (κ1) is 11.6. The van der Waals surface area contributed by atoms with Gasteiger partial charge in [0.2, 0.25) is 0 Å². The highest BCUT2D eigenvalue weighted by Gasteiger charge is 2.12. The molecule has 0 radical (unpaired) electrons. The molecule has 2 N–H and O–H groups in total. The van der Waals surface area contributed by atoms with E-state index in [1.807, 2.05) is 24.2 Å². The lowest BCUT2D eigenvalue weighted by molar-refractivity contribution is 0.641.